The summed E-state index contributed by atoms with van der Waals surface area (Å²) in [6.07, 6.45) is 3.40. The van der Waals surface area contributed by atoms with Crippen LogP contribution in [0.15, 0.2) is 36.5 Å². The first-order valence-corrected chi connectivity index (χ1v) is 14.5. The van der Waals surface area contributed by atoms with Gasteiger partial charge in [0.05, 0.1) is 13.2 Å². The third-order valence-corrected chi connectivity index (χ3v) is 6.96. The Bertz CT molecular complexity index is 1190. The van der Waals surface area contributed by atoms with Gasteiger partial charge in [-0.2, -0.15) is 0 Å². The van der Waals surface area contributed by atoms with Gasteiger partial charge < -0.3 is 33.7 Å². The van der Waals surface area contributed by atoms with Gasteiger partial charge in [-0.1, -0.05) is 25.5 Å². The SMILES string of the molecule is CCCOC1C(Cc2ccc(F)cc2)CCCC(NC(=O)c2nccc(OC)c2OCOC(=O)COCC)C(=O)OC1C. The highest BCUT2D eigenvalue weighted by atomic mass is 19.1. The molecule has 1 aromatic carbocycles. The van der Waals surface area contributed by atoms with Gasteiger partial charge in [0.25, 0.3) is 5.91 Å². The molecule has 236 valence electrons. The summed E-state index contributed by atoms with van der Waals surface area (Å²) in [5, 5.41) is 2.73. The quantitative estimate of drug-likeness (QED) is 0.249. The zero-order valence-corrected chi connectivity index (χ0v) is 25.1. The zero-order chi connectivity index (χ0) is 31.2. The van der Waals surface area contributed by atoms with Crippen molar-refractivity contribution in [1.82, 2.24) is 10.3 Å². The van der Waals surface area contributed by atoms with Crippen molar-refractivity contribution in [3.05, 3.63) is 53.6 Å². The monoisotopic (exact) mass is 604 g/mol. The third kappa shape index (κ3) is 10.2. The van der Waals surface area contributed by atoms with Crippen LogP contribution in [-0.4, -0.2) is 74.8 Å². The first-order chi connectivity index (χ1) is 20.8. The van der Waals surface area contributed by atoms with Crippen molar-refractivity contribution in [3.8, 4) is 11.5 Å². The minimum Gasteiger partial charge on any atom is -0.493 e. The molecule has 1 saturated heterocycles. The predicted octanol–water partition coefficient (Wildman–Crippen LogP) is 4.01. The van der Waals surface area contributed by atoms with Crippen molar-refractivity contribution in [2.75, 3.05) is 33.7 Å². The number of hydrogen-bond acceptors (Lipinski definition) is 10. The number of esters is 2. The summed E-state index contributed by atoms with van der Waals surface area (Å²) in [5.74, 6) is -2.10. The molecule has 12 heteroatoms. The molecular weight excluding hydrogens is 563 g/mol. The van der Waals surface area contributed by atoms with Crippen LogP contribution in [0.4, 0.5) is 4.39 Å². The van der Waals surface area contributed by atoms with Crippen LogP contribution in [0.2, 0.25) is 0 Å². The molecule has 1 aromatic heterocycles. The summed E-state index contributed by atoms with van der Waals surface area (Å²) >= 11 is 0. The number of carbonyl (C=O) groups excluding carboxylic acids is 3. The number of cyclic esters (lactones) is 1. The number of pyridine rings is 1. The van der Waals surface area contributed by atoms with E-state index in [2.05, 4.69) is 10.3 Å². The average molecular weight is 605 g/mol. The highest BCUT2D eigenvalue weighted by molar-refractivity contribution is 5.98. The summed E-state index contributed by atoms with van der Waals surface area (Å²) in [4.78, 5) is 42.6. The van der Waals surface area contributed by atoms with E-state index in [1.165, 1.54) is 31.5 Å². The molecule has 0 aliphatic carbocycles. The van der Waals surface area contributed by atoms with Crippen LogP contribution < -0.4 is 14.8 Å². The lowest BCUT2D eigenvalue weighted by molar-refractivity contribution is -0.161. The molecule has 2 aromatic rings. The van der Waals surface area contributed by atoms with E-state index in [-0.39, 0.29) is 41.6 Å². The van der Waals surface area contributed by atoms with E-state index in [1.54, 1.807) is 26.0 Å². The van der Waals surface area contributed by atoms with Gasteiger partial charge in [0.15, 0.2) is 17.2 Å². The minimum atomic E-state index is -0.962. The second-order valence-corrected chi connectivity index (χ2v) is 10.1. The molecule has 4 unspecified atom stereocenters. The average Bonchev–Trinajstić information content (AvgIpc) is 3.04. The number of carbonyl (C=O) groups is 3. The van der Waals surface area contributed by atoms with Crippen LogP contribution in [0.1, 0.15) is 62.5 Å². The number of amides is 1. The van der Waals surface area contributed by atoms with Gasteiger partial charge >= 0.3 is 11.9 Å². The highest BCUT2D eigenvalue weighted by Crippen LogP contribution is 2.31. The van der Waals surface area contributed by atoms with E-state index in [1.807, 2.05) is 6.92 Å². The standard InChI is InChI=1S/C31H41FN2O9/c1-5-16-40-28-20(3)43-31(37)24(9-7-8-22(28)17-21-10-12-23(32)13-11-21)34-30(36)27-29(25(38-4)14-15-33-27)42-19-41-26(35)18-39-6-2/h10-15,20,22,24,28H,5-9,16-19H2,1-4H3,(H,34,36). The lowest BCUT2D eigenvalue weighted by Crippen LogP contribution is -2.44. The van der Waals surface area contributed by atoms with E-state index >= 15 is 0 Å². The lowest BCUT2D eigenvalue weighted by atomic mass is 9.87. The Labute approximate surface area is 251 Å². The van der Waals surface area contributed by atoms with E-state index < -0.39 is 36.8 Å². The summed E-state index contributed by atoms with van der Waals surface area (Å²) in [6, 6.07) is 6.88. The Morgan fingerprint density at radius 1 is 1.14 bits per heavy atom. The van der Waals surface area contributed by atoms with Gasteiger partial charge in [-0.25, -0.2) is 19.0 Å². The highest BCUT2D eigenvalue weighted by Gasteiger charge is 2.35. The molecule has 0 radical (unpaired) electrons. The molecule has 1 aliphatic rings. The number of benzene rings is 1. The number of methoxy groups -OCH3 is 1. The summed E-state index contributed by atoms with van der Waals surface area (Å²) in [5.41, 5.74) is 0.804. The van der Waals surface area contributed by atoms with Crippen molar-refractivity contribution >= 4 is 17.8 Å². The molecular formula is C31H41FN2O9. The van der Waals surface area contributed by atoms with Crippen molar-refractivity contribution in [2.24, 2.45) is 5.92 Å². The largest absolute Gasteiger partial charge is 0.493 e. The number of nitrogens with one attached hydrogen (secondary N) is 1. The summed E-state index contributed by atoms with van der Waals surface area (Å²) < 4.78 is 46.4. The Hall–Kier alpha value is -3.77. The van der Waals surface area contributed by atoms with Crippen molar-refractivity contribution in [2.45, 2.75) is 71.1 Å². The molecule has 1 aliphatic heterocycles. The number of aromatic nitrogens is 1. The number of ether oxygens (including phenoxy) is 6. The lowest BCUT2D eigenvalue weighted by Gasteiger charge is -2.31. The predicted molar refractivity (Wildman–Crippen MR) is 153 cm³/mol. The summed E-state index contributed by atoms with van der Waals surface area (Å²) in [6.45, 7) is 5.62. The fourth-order valence-electron chi connectivity index (χ4n) is 4.88. The molecule has 0 saturated carbocycles. The molecule has 11 nitrogen and oxygen atoms in total. The van der Waals surface area contributed by atoms with Crippen LogP contribution >= 0.6 is 0 Å². The van der Waals surface area contributed by atoms with E-state index in [0.29, 0.717) is 38.9 Å². The minimum absolute atomic E-state index is 0.000228. The summed E-state index contributed by atoms with van der Waals surface area (Å²) in [7, 11) is 1.39. The van der Waals surface area contributed by atoms with Gasteiger partial charge in [-0.15, -0.1) is 0 Å². The van der Waals surface area contributed by atoms with Crippen LogP contribution in [0.25, 0.3) is 0 Å². The van der Waals surface area contributed by atoms with Gasteiger partial charge in [-0.05, 0) is 63.1 Å². The Kier molecular flexibility index (Phi) is 13.6. The molecule has 0 bridgehead atoms. The number of halogens is 1. The normalized spacial score (nSPS) is 20.6. The fourth-order valence-corrected chi connectivity index (χ4v) is 4.88. The number of hydrogen-bond donors (Lipinski definition) is 1. The molecule has 0 spiro atoms. The second kappa shape index (κ2) is 17.4. The molecule has 3 rings (SSSR count). The van der Waals surface area contributed by atoms with Crippen LogP contribution in [0.5, 0.6) is 11.5 Å². The van der Waals surface area contributed by atoms with Crippen LogP contribution in [0, 0.1) is 11.7 Å². The van der Waals surface area contributed by atoms with E-state index in [0.717, 1.165) is 12.0 Å². The maximum atomic E-state index is 13.5. The third-order valence-electron chi connectivity index (χ3n) is 6.96. The Balaban J connectivity index is 1.74. The molecule has 1 amide bonds. The van der Waals surface area contributed by atoms with Gasteiger partial charge in [0, 0.05) is 25.5 Å². The van der Waals surface area contributed by atoms with Gasteiger partial charge in [-0.3, -0.25) is 4.79 Å². The molecule has 43 heavy (non-hydrogen) atoms. The van der Waals surface area contributed by atoms with Crippen LogP contribution in [0.3, 0.4) is 0 Å². The molecule has 1 N–H and O–H groups in total. The second-order valence-electron chi connectivity index (χ2n) is 10.1. The zero-order valence-electron chi connectivity index (χ0n) is 25.1. The van der Waals surface area contributed by atoms with Crippen molar-refractivity contribution in [1.29, 1.82) is 0 Å². The Morgan fingerprint density at radius 2 is 1.91 bits per heavy atom. The first-order valence-electron chi connectivity index (χ1n) is 14.5. The Morgan fingerprint density at radius 3 is 2.60 bits per heavy atom. The maximum absolute atomic E-state index is 13.5. The van der Waals surface area contributed by atoms with Crippen molar-refractivity contribution in [3.63, 3.8) is 0 Å². The molecule has 1 fully saturated rings. The van der Waals surface area contributed by atoms with E-state index in [9.17, 15) is 18.8 Å². The maximum Gasteiger partial charge on any atom is 0.334 e. The van der Waals surface area contributed by atoms with E-state index in [4.69, 9.17) is 28.4 Å². The number of rotatable bonds is 14. The van der Waals surface area contributed by atoms with Crippen LogP contribution in [-0.2, 0) is 35.0 Å². The topological polar surface area (TPSA) is 132 Å². The smallest absolute Gasteiger partial charge is 0.334 e. The number of nitrogens with zero attached hydrogens (tertiary/aromatic N) is 1. The first kappa shape index (κ1) is 33.7. The van der Waals surface area contributed by atoms with Gasteiger partial charge in [0.2, 0.25) is 6.79 Å². The fraction of sp³-hybridized carbons (Fsp3) is 0.548. The molecule has 4 atom stereocenters. The molecule has 2 heterocycles. The van der Waals surface area contributed by atoms with Crippen molar-refractivity contribution < 1.29 is 47.2 Å². The van der Waals surface area contributed by atoms with Gasteiger partial charge in [0.1, 0.15) is 24.6 Å².